The van der Waals surface area contributed by atoms with E-state index in [0.29, 0.717) is 11.3 Å². The van der Waals surface area contributed by atoms with Gasteiger partial charge in [0.15, 0.2) is 0 Å². The van der Waals surface area contributed by atoms with Crippen LogP contribution < -0.4 is 9.46 Å². The van der Waals surface area contributed by atoms with Crippen molar-refractivity contribution < 1.29 is 22.1 Å². The summed E-state index contributed by atoms with van der Waals surface area (Å²) >= 11 is 0. The molecule has 9 heteroatoms. The zero-order valence-electron chi connectivity index (χ0n) is 14.0. The molecule has 0 bridgehead atoms. The molecule has 1 heterocycles. The van der Waals surface area contributed by atoms with Gasteiger partial charge in [0.1, 0.15) is 11.6 Å². The Bertz CT molecular complexity index is 1000. The van der Waals surface area contributed by atoms with Gasteiger partial charge in [0, 0.05) is 0 Å². The van der Waals surface area contributed by atoms with Gasteiger partial charge in [-0.25, -0.2) is 12.8 Å². The van der Waals surface area contributed by atoms with Crippen LogP contribution in [0.15, 0.2) is 57.9 Å². The summed E-state index contributed by atoms with van der Waals surface area (Å²) in [6.45, 7) is 1.57. The number of ether oxygens (including phenoxy) is 1. The SMILES string of the molecule is COc1ccccc1-c1noc([C@@H](C)NS(=O)(=O)c2ccc(F)cc2)n1. The molecule has 26 heavy (non-hydrogen) atoms. The maximum Gasteiger partial charge on any atom is 0.244 e. The highest BCUT2D eigenvalue weighted by molar-refractivity contribution is 7.89. The van der Waals surface area contributed by atoms with Crippen LogP contribution in [0.4, 0.5) is 4.39 Å². The Balaban J connectivity index is 1.82. The number of halogens is 1. The van der Waals surface area contributed by atoms with E-state index in [0.717, 1.165) is 12.1 Å². The molecule has 0 saturated carbocycles. The lowest BCUT2D eigenvalue weighted by molar-refractivity contribution is 0.353. The van der Waals surface area contributed by atoms with E-state index in [1.54, 1.807) is 25.1 Å². The van der Waals surface area contributed by atoms with Gasteiger partial charge in [0.05, 0.1) is 23.6 Å². The van der Waals surface area contributed by atoms with Crippen molar-refractivity contribution in [2.75, 3.05) is 7.11 Å². The molecule has 2 aromatic carbocycles. The fraction of sp³-hybridized carbons (Fsp3) is 0.176. The molecule has 0 fully saturated rings. The van der Waals surface area contributed by atoms with E-state index in [4.69, 9.17) is 9.26 Å². The van der Waals surface area contributed by atoms with E-state index >= 15 is 0 Å². The zero-order valence-corrected chi connectivity index (χ0v) is 14.8. The molecule has 1 N–H and O–H groups in total. The maximum atomic E-state index is 13.0. The van der Waals surface area contributed by atoms with Crippen LogP contribution in [-0.2, 0) is 10.0 Å². The van der Waals surface area contributed by atoms with E-state index in [1.165, 1.54) is 19.2 Å². The summed E-state index contributed by atoms with van der Waals surface area (Å²) < 4.78 is 50.5. The van der Waals surface area contributed by atoms with Crippen molar-refractivity contribution in [3.63, 3.8) is 0 Å². The molecule has 0 spiro atoms. The van der Waals surface area contributed by atoms with Crippen LogP contribution in [0.5, 0.6) is 5.75 Å². The average Bonchev–Trinajstić information content (AvgIpc) is 3.12. The minimum atomic E-state index is -3.86. The Morgan fingerprint density at radius 2 is 1.85 bits per heavy atom. The minimum absolute atomic E-state index is 0.0600. The highest BCUT2D eigenvalue weighted by Crippen LogP contribution is 2.28. The van der Waals surface area contributed by atoms with Crippen molar-refractivity contribution in [3.05, 3.63) is 60.2 Å². The second-order valence-electron chi connectivity index (χ2n) is 5.45. The van der Waals surface area contributed by atoms with Gasteiger partial charge in [-0.05, 0) is 43.3 Å². The Morgan fingerprint density at radius 1 is 1.15 bits per heavy atom. The summed E-state index contributed by atoms with van der Waals surface area (Å²) in [5.41, 5.74) is 0.624. The summed E-state index contributed by atoms with van der Waals surface area (Å²) in [7, 11) is -2.33. The fourth-order valence-corrected chi connectivity index (χ4v) is 3.51. The van der Waals surface area contributed by atoms with Crippen molar-refractivity contribution in [2.45, 2.75) is 17.9 Å². The molecule has 0 amide bonds. The van der Waals surface area contributed by atoms with Gasteiger partial charge >= 0.3 is 0 Å². The number of rotatable bonds is 6. The predicted molar refractivity (Wildman–Crippen MR) is 91.4 cm³/mol. The lowest BCUT2D eigenvalue weighted by atomic mass is 10.2. The number of nitrogens with zero attached hydrogens (tertiary/aromatic N) is 2. The van der Waals surface area contributed by atoms with Crippen LogP contribution in [0.1, 0.15) is 18.9 Å². The molecule has 0 aliphatic heterocycles. The van der Waals surface area contributed by atoms with Crippen molar-refractivity contribution in [3.8, 4) is 17.1 Å². The lowest BCUT2D eigenvalue weighted by Crippen LogP contribution is -2.27. The number of methoxy groups -OCH3 is 1. The first kappa shape index (κ1) is 18.0. The van der Waals surface area contributed by atoms with Crippen LogP contribution in [0.25, 0.3) is 11.4 Å². The highest BCUT2D eigenvalue weighted by Gasteiger charge is 2.23. The second-order valence-corrected chi connectivity index (χ2v) is 7.17. The number of para-hydroxylation sites is 1. The predicted octanol–water partition coefficient (Wildman–Crippen LogP) is 2.92. The van der Waals surface area contributed by atoms with Crippen molar-refractivity contribution in [1.29, 1.82) is 0 Å². The Labute approximate surface area is 149 Å². The first-order valence-corrected chi connectivity index (χ1v) is 9.14. The first-order valence-electron chi connectivity index (χ1n) is 7.65. The van der Waals surface area contributed by atoms with E-state index in [-0.39, 0.29) is 16.6 Å². The van der Waals surface area contributed by atoms with Crippen LogP contribution >= 0.6 is 0 Å². The van der Waals surface area contributed by atoms with Crippen LogP contribution in [0.3, 0.4) is 0 Å². The van der Waals surface area contributed by atoms with Gasteiger partial charge in [0.2, 0.25) is 21.7 Å². The second kappa shape index (κ2) is 7.22. The summed E-state index contributed by atoms with van der Waals surface area (Å²) in [5, 5.41) is 3.88. The molecule has 1 aromatic heterocycles. The van der Waals surface area contributed by atoms with Crippen LogP contribution in [0.2, 0.25) is 0 Å². The first-order chi connectivity index (χ1) is 12.4. The van der Waals surface area contributed by atoms with Gasteiger partial charge in [-0.3, -0.25) is 0 Å². The third kappa shape index (κ3) is 3.73. The zero-order chi connectivity index (χ0) is 18.7. The van der Waals surface area contributed by atoms with Crippen LogP contribution in [-0.4, -0.2) is 25.7 Å². The maximum absolute atomic E-state index is 13.0. The topological polar surface area (TPSA) is 94.3 Å². The van der Waals surface area contributed by atoms with E-state index < -0.39 is 21.9 Å². The Morgan fingerprint density at radius 3 is 2.54 bits per heavy atom. The highest BCUT2D eigenvalue weighted by atomic mass is 32.2. The largest absolute Gasteiger partial charge is 0.496 e. The van der Waals surface area contributed by atoms with Gasteiger partial charge in [-0.15, -0.1) is 0 Å². The molecule has 3 aromatic rings. The smallest absolute Gasteiger partial charge is 0.244 e. The average molecular weight is 377 g/mol. The molecule has 0 aliphatic rings. The number of benzene rings is 2. The molecule has 3 rings (SSSR count). The minimum Gasteiger partial charge on any atom is -0.496 e. The molecule has 136 valence electrons. The van der Waals surface area contributed by atoms with Gasteiger partial charge < -0.3 is 9.26 Å². The molecule has 0 unspecified atom stereocenters. The van der Waals surface area contributed by atoms with Gasteiger partial charge in [0.25, 0.3) is 0 Å². The number of hydrogen-bond donors (Lipinski definition) is 1. The van der Waals surface area contributed by atoms with Crippen molar-refractivity contribution in [2.24, 2.45) is 0 Å². The van der Waals surface area contributed by atoms with E-state index in [1.807, 2.05) is 6.07 Å². The monoisotopic (exact) mass is 377 g/mol. The molecule has 0 aliphatic carbocycles. The normalized spacial score (nSPS) is 12.7. The summed E-state index contributed by atoms with van der Waals surface area (Å²) in [6, 6.07) is 10.9. The standard InChI is InChI=1S/C17H16FN3O4S/c1-11(21-26(22,23)13-9-7-12(18)8-10-13)17-19-16(20-25-17)14-5-3-4-6-15(14)24-2/h3-11,21H,1-2H3/t11-/m1/s1. The molecule has 7 nitrogen and oxygen atoms in total. The quantitative estimate of drug-likeness (QED) is 0.710. The number of nitrogens with one attached hydrogen (secondary N) is 1. The summed E-state index contributed by atoms with van der Waals surface area (Å²) in [5.74, 6) is 0.427. The number of hydrogen-bond acceptors (Lipinski definition) is 6. The molecular weight excluding hydrogens is 361 g/mol. The Kier molecular flexibility index (Phi) is 5.01. The number of aromatic nitrogens is 2. The van der Waals surface area contributed by atoms with Crippen molar-refractivity contribution in [1.82, 2.24) is 14.9 Å². The molecular formula is C17H16FN3O4S. The third-order valence-corrected chi connectivity index (χ3v) is 5.17. The molecule has 0 saturated heterocycles. The van der Waals surface area contributed by atoms with Crippen LogP contribution in [0, 0.1) is 5.82 Å². The summed E-state index contributed by atoms with van der Waals surface area (Å²) in [4.78, 5) is 4.18. The van der Waals surface area contributed by atoms with E-state index in [2.05, 4.69) is 14.9 Å². The fourth-order valence-electron chi connectivity index (χ4n) is 2.31. The molecule has 1 atom stereocenters. The molecule has 0 radical (unpaired) electrons. The third-order valence-electron chi connectivity index (χ3n) is 3.62. The van der Waals surface area contributed by atoms with E-state index in [9.17, 15) is 12.8 Å². The number of sulfonamides is 1. The Hall–Kier alpha value is -2.78. The van der Waals surface area contributed by atoms with Gasteiger partial charge in [-0.2, -0.15) is 9.71 Å². The van der Waals surface area contributed by atoms with Crippen molar-refractivity contribution >= 4 is 10.0 Å². The van der Waals surface area contributed by atoms with Gasteiger partial charge in [-0.1, -0.05) is 17.3 Å². The lowest BCUT2D eigenvalue weighted by Gasteiger charge is -2.10. The summed E-state index contributed by atoms with van der Waals surface area (Å²) in [6.07, 6.45) is 0.